The van der Waals surface area contributed by atoms with Gasteiger partial charge in [-0.2, -0.15) is 10.5 Å². The van der Waals surface area contributed by atoms with E-state index in [1.54, 1.807) is 60.7 Å². The molecule has 6 heteroatoms. The molecule has 26 heavy (non-hydrogen) atoms. The zero-order valence-corrected chi connectivity index (χ0v) is 14.1. The third-order valence-electron chi connectivity index (χ3n) is 3.16. The Morgan fingerprint density at radius 2 is 1.46 bits per heavy atom. The average molecular weight is 348 g/mol. The van der Waals surface area contributed by atoms with Crippen molar-refractivity contribution in [2.24, 2.45) is 0 Å². The normalized spacial score (nSPS) is 9.35. The van der Waals surface area contributed by atoms with Crippen molar-refractivity contribution >= 4 is 12.0 Å². The van der Waals surface area contributed by atoms with Crippen molar-refractivity contribution in [2.45, 2.75) is 6.92 Å². The third-order valence-corrected chi connectivity index (χ3v) is 3.16. The Morgan fingerprint density at radius 3 is 2.00 bits per heavy atom. The molecule has 2 aromatic rings. The second-order valence-electron chi connectivity index (χ2n) is 5.02. The van der Waals surface area contributed by atoms with E-state index in [1.807, 2.05) is 6.92 Å². The van der Waals surface area contributed by atoms with Gasteiger partial charge in [0.25, 0.3) is 0 Å². The van der Waals surface area contributed by atoms with E-state index in [4.69, 9.17) is 24.7 Å². The number of hydrogen-bond donors (Lipinski definition) is 0. The van der Waals surface area contributed by atoms with Gasteiger partial charge in [-0.25, -0.2) is 4.79 Å². The summed E-state index contributed by atoms with van der Waals surface area (Å²) in [4.78, 5) is 11.8. The predicted octanol–water partition coefficient (Wildman–Crippen LogP) is 3.50. The predicted molar refractivity (Wildman–Crippen MR) is 94.4 cm³/mol. The fourth-order valence-electron chi connectivity index (χ4n) is 1.99. The molecule has 0 amide bonds. The highest BCUT2D eigenvalue weighted by Gasteiger charge is 2.06. The molecule has 6 nitrogen and oxygen atoms in total. The number of ether oxygens (including phenoxy) is 3. The second kappa shape index (κ2) is 9.51. The maximum absolute atomic E-state index is 11.8. The van der Waals surface area contributed by atoms with Gasteiger partial charge < -0.3 is 14.2 Å². The Kier molecular flexibility index (Phi) is 6.79. The topological polar surface area (TPSA) is 92.3 Å². The Bertz CT molecular complexity index is 841. The Labute approximate surface area is 151 Å². The van der Waals surface area contributed by atoms with Crippen LogP contribution in [0, 0.1) is 22.7 Å². The van der Waals surface area contributed by atoms with Crippen LogP contribution in [0.25, 0.3) is 6.08 Å². The second-order valence-corrected chi connectivity index (χ2v) is 5.02. The van der Waals surface area contributed by atoms with Crippen LogP contribution in [0.3, 0.4) is 0 Å². The molecule has 0 spiro atoms. The molecular weight excluding hydrogens is 332 g/mol. The molecule has 0 aromatic heterocycles. The maximum atomic E-state index is 11.8. The number of carbonyl (C=O) groups is 1. The molecule has 0 saturated heterocycles. The van der Waals surface area contributed by atoms with Crippen LogP contribution >= 0.6 is 0 Å². The summed E-state index contributed by atoms with van der Waals surface area (Å²) >= 11 is 0. The molecule has 0 aliphatic heterocycles. The first kappa shape index (κ1) is 18.6. The number of benzene rings is 2. The molecule has 0 unspecified atom stereocenters. The molecule has 0 saturated carbocycles. The van der Waals surface area contributed by atoms with Gasteiger partial charge in [0.15, 0.2) is 6.61 Å². The first-order valence-corrected chi connectivity index (χ1v) is 7.83. The quantitative estimate of drug-likeness (QED) is 0.432. The van der Waals surface area contributed by atoms with Crippen LogP contribution < -0.4 is 14.2 Å². The lowest BCUT2D eigenvalue weighted by molar-refractivity contribution is -0.136. The molecule has 0 bridgehead atoms. The van der Waals surface area contributed by atoms with E-state index < -0.39 is 5.97 Å². The first-order chi connectivity index (χ1) is 12.6. The minimum absolute atomic E-state index is 0.00139. The number of hydrogen-bond acceptors (Lipinski definition) is 6. The van der Waals surface area contributed by atoms with Crippen molar-refractivity contribution < 1.29 is 19.0 Å². The van der Waals surface area contributed by atoms with Gasteiger partial charge in [0.2, 0.25) is 0 Å². The zero-order chi connectivity index (χ0) is 18.8. The van der Waals surface area contributed by atoms with Crippen LogP contribution in [-0.4, -0.2) is 19.2 Å². The van der Waals surface area contributed by atoms with E-state index in [0.717, 1.165) is 5.75 Å². The van der Waals surface area contributed by atoms with Crippen molar-refractivity contribution in [3.05, 3.63) is 59.7 Å². The van der Waals surface area contributed by atoms with Crippen molar-refractivity contribution in [3.63, 3.8) is 0 Å². The van der Waals surface area contributed by atoms with Crippen LogP contribution in [0.4, 0.5) is 0 Å². The maximum Gasteiger partial charge on any atom is 0.349 e. The van der Waals surface area contributed by atoms with Gasteiger partial charge in [0.05, 0.1) is 6.61 Å². The van der Waals surface area contributed by atoms with Crippen LogP contribution in [0.1, 0.15) is 12.5 Å². The summed E-state index contributed by atoms with van der Waals surface area (Å²) in [5.74, 6) is 1.06. The smallest absolute Gasteiger partial charge is 0.349 e. The Balaban J connectivity index is 1.87. The SMILES string of the molecule is CCOc1ccc(OCC(=O)Oc2ccc(C=C(C#N)C#N)cc2)cc1. The standard InChI is InChI=1S/C20H16N2O4/c1-2-24-17-7-9-18(10-8-17)25-14-20(23)26-19-5-3-15(4-6-19)11-16(12-21)13-22/h3-11H,2,14H2,1H3. The van der Waals surface area contributed by atoms with E-state index in [1.165, 1.54) is 6.08 Å². The number of esters is 1. The van der Waals surface area contributed by atoms with Gasteiger partial charge in [-0.3, -0.25) is 0 Å². The third kappa shape index (κ3) is 5.70. The van der Waals surface area contributed by atoms with Crippen molar-refractivity contribution in [1.82, 2.24) is 0 Å². The lowest BCUT2D eigenvalue weighted by Gasteiger charge is -2.08. The van der Waals surface area contributed by atoms with Gasteiger partial charge in [-0.05, 0) is 55.0 Å². The number of nitrogens with zero attached hydrogens (tertiary/aromatic N) is 2. The molecule has 0 radical (unpaired) electrons. The molecule has 0 N–H and O–H groups in total. The van der Waals surface area contributed by atoms with Crippen molar-refractivity contribution in [3.8, 4) is 29.4 Å². The van der Waals surface area contributed by atoms with Gasteiger partial charge in [-0.15, -0.1) is 0 Å². The molecule has 0 atom stereocenters. The largest absolute Gasteiger partial charge is 0.494 e. The lowest BCUT2D eigenvalue weighted by atomic mass is 10.1. The number of rotatable bonds is 7. The minimum Gasteiger partial charge on any atom is -0.494 e. The molecule has 2 aromatic carbocycles. The highest BCUT2D eigenvalue weighted by molar-refractivity contribution is 5.74. The number of allylic oxidation sites excluding steroid dienone is 1. The lowest BCUT2D eigenvalue weighted by Crippen LogP contribution is -2.17. The summed E-state index contributed by atoms with van der Waals surface area (Å²) in [6.45, 7) is 2.24. The molecule has 2 rings (SSSR count). The van der Waals surface area contributed by atoms with Crippen LogP contribution in [0.2, 0.25) is 0 Å². The molecular formula is C20H16N2O4. The minimum atomic E-state index is -0.545. The summed E-state index contributed by atoms with van der Waals surface area (Å²) < 4.78 is 15.9. The van der Waals surface area contributed by atoms with Gasteiger partial charge >= 0.3 is 5.97 Å². The van der Waals surface area contributed by atoms with Gasteiger partial charge in [-0.1, -0.05) is 12.1 Å². The first-order valence-electron chi connectivity index (χ1n) is 7.83. The summed E-state index contributed by atoms with van der Waals surface area (Å²) in [5.41, 5.74) is 0.659. The molecule has 0 aliphatic rings. The average Bonchev–Trinajstić information content (AvgIpc) is 2.67. The van der Waals surface area contributed by atoms with Crippen LogP contribution in [0.5, 0.6) is 17.2 Å². The molecule has 0 aliphatic carbocycles. The van der Waals surface area contributed by atoms with E-state index in [2.05, 4.69) is 0 Å². The van der Waals surface area contributed by atoms with E-state index >= 15 is 0 Å². The summed E-state index contributed by atoms with van der Waals surface area (Å²) in [6.07, 6.45) is 1.45. The number of carbonyl (C=O) groups excluding carboxylic acids is 1. The fraction of sp³-hybridized carbons (Fsp3) is 0.150. The fourth-order valence-corrected chi connectivity index (χ4v) is 1.99. The summed E-state index contributed by atoms with van der Waals surface area (Å²) in [6, 6.07) is 16.9. The summed E-state index contributed by atoms with van der Waals surface area (Å²) in [7, 11) is 0. The Hall–Kier alpha value is -3.77. The van der Waals surface area contributed by atoms with Crippen LogP contribution in [-0.2, 0) is 4.79 Å². The van der Waals surface area contributed by atoms with Gasteiger partial charge in [0.1, 0.15) is 35.0 Å². The highest BCUT2D eigenvalue weighted by atomic mass is 16.6. The molecule has 130 valence electrons. The molecule has 0 heterocycles. The molecule has 0 fully saturated rings. The van der Waals surface area contributed by atoms with E-state index in [9.17, 15) is 4.79 Å². The van der Waals surface area contributed by atoms with Gasteiger partial charge in [0, 0.05) is 0 Å². The van der Waals surface area contributed by atoms with Crippen LogP contribution in [0.15, 0.2) is 54.1 Å². The summed E-state index contributed by atoms with van der Waals surface area (Å²) in [5, 5.41) is 17.4. The van der Waals surface area contributed by atoms with Crippen molar-refractivity contribution in [1.29, 1.82) is 10.5 Å². The number of nitriles is 2. The zero-order valence-electron chi connectivity index (χ0n) is 14.1. The highest BCUT2D eigenvalue weighted by Crippen LogP contribution is 2.18. The van der Waals surface area contributed by atoms with Crippen molar-refractivity contribution in [2.75, 3.05) is 13.2 Å². The monoisotopic (exact) mass is 348 g/mol. The van der Waals surface area contributed by atoms with E-state index in [0.29, 0.717) is 23.7 Å². The Morgan fingerprint density at radius 1 is 0.923 bits per heavy atom. The van der Waals surface area contributed by atoms with E-state index in [-0.39, 0.29) is 12.2 Å².